The number of rotatable bonds is 15. The smallest absolute Gasteiger partial charge is 0.408 e. The van der Waals surface area contributed by atoms with Crippen LogP contribution < -0.4 is 26.3 Å². The van der Waals surface area contributed by atoms with Gasteiger partial charge in [-0.2, -0.15) is 10.4 Å². The SMILES string of the molecule is CC(C)(C)OC(=O)N[C@@H](Cc1ccc(F)cc1)C(=O)Nc1ncnn2c([C@]3(C#N)O[C@H](CO[Si](c4ccccc4)(c4ccccc4)C(C)(C)C)[C@@H](OC(=O)CC4(NC(=O)OC(C)(C)C)CCCCC4)[C@H]3O)ccc12. The number of alkyl carbamates (subject to hydrolysis) is 2. The van der Waals surface area contributed by atoms with Gasteiger partial charge in [0.1, 0.15) is 53.2 Å². The summed E-state index contributed by atoms with van der Waals surface area (Å²) in [6.45, 7) is 16.4. The van der Waals surface area contributed by atoms with E-state index in [1.165, 1.54) is 40.9 Å². The summed E-state index contributed by atoms with van der Waals surface area (Å²) in [4.78, 5) is 59.2. The quantitative estimate of drug-likeness (QED) is 0.0453. The highest BCUT2D eigenvalue weighted by Gasteiger charge is 2.61. The van der Waals surface area contributed by atoms with E-state index in [2.05, 4.69) is 52.9 Å². The zero-order valence-electron chi connectivity index (χ0n) is 43.6. The highest BCUT2D eigenvalue weighted by atomic mass is 28.4. The van der Waals surface area contributed by atoms with Crippen molar-refractivity contribution in [1.82, 2.24) is 25.2 Å². The van der Waals surface area contributed by atoms with E-state index in [4.69, 9.17) is 23.4 Å². The first-order valence-electron chi connectivity index (χ1n) is 25.0. The van der Waals surface area contributed by atoms with Crippen LogP contribution in [0.15, 0.2) is 103 Å². The zero-order chi connectivity index (χ0) is 53.7. The Hall–Kier alpha value is -6.72. The number of nitriles is 1. The summed E-state index contributed by atoms with van der Waals surface area (Å²) in [5.74, 6) is -1.96. The number of nitrogens with one attached hydrogen (secondary N) is 3. The first-order valence-corrected chi connectivity index (χ1v) is 26.9. The summed E-state index contributed by atoms with van der Waals surface area (Å²) in [5.41, 5.74) is -4.23. The second kappa shape index (κ2) is 22.0. The summed E-state index contributed by atoms with van der Waals surface area (Å²) >= 11 is 0. The van der Waals surface area contributed by atoms with Crippen LogP contribution in [-0.2, 0) is 45.0 Å². The molecule has 394 valence electrons. The number of ether oxygens (including phenoxy) is 4. The Bertz CT molecular complexity index is 2780. The third-order valence-electron chi connectivity index (χ3n) is 13.2. The number of halogens is 1. The zero-order valence-corrected chi connectivity index (χ0v) is 44.6. The van der Waals surface area contributed by atoms with Gasteiger partial charge in [-0.3, -0.25) is 9.59 Å². The molecule has 0 spiro atoms. The summed E-state index contributed by atoms with van der Waals surface area (Å²) in [6, 6.07) is 29.2. The van der Waals surface area contributed by atoms with Gasteiger partial charge in [0.05, 0.1) is 24.3 Å². The Kier molecular flexibility index (Phi) is 16.4. The Balaban J connectivity index is 1.25. The molecule has 19 heteroatoms. The second-order valence-corrected chi connectivity index (χ2v) is 26.5. The predicted octanol–water partition coefficient (Wildman–Crippen LogP) is 7.53. The monoisotopic (exact) mass is 1030 g/mol. The molecule has 2 aromatic heterocycles. The molecule has 1 saturated heterocycles. The lowest BCUT2D eigenvalue weighted by Gasteiger charge is -2.43. The third kappa shape index (κ3) is 12.4. The molecule has 0 radical (unpaired) electrons. The molecule has 2 aliphatic rings. The molecule has 0 bridgehead atoms. The van der Waals surface area contributed by atoms with Crippen LogP contribution in [0.5, 0.6) is 0 Å². The van der Waals surface area contributed by atoms with E-state index in [1.54, 1.807) is 41.5 Å². The van der Waals surface area contributed by atoms with Crippen molar-refractivity contribution in [2.45, 2.75) is 159 Å². The van der Waals surface area contributed by atoms with Crippen molar-refractivity contribution in [3.63, 3.8) is 0 Å². The third-order valence-corrected chi connectivity index (χ3v) is 18.2. The lowest BCUT2D eigenvalue weighted by atomic mass is 9.79. The molecule has 5 aromatic rings. The molecule has 0 unspecified atom stereocenters. The summed E-state index contributed by atoms with van der Waals surface area (Å²) < 4.78 is 46.6. The lowest BCUT2D eigenvalue weighted by Crippen LogP contribution is -2.67. The standard InChI is InChI=1S/C55H68FN7O10Si/c1-51(2,3)72-49(67)60-40(31-36-23-25-37(56)26-24-36)48(66)61-47-41-27-28-43(63(41)59-35-58-47)55(34-57)46(65)45(70-44(64)32-54(29-17-12-18-30-54)62-50(68)73-52(4,5)6)42(71-55)33-69-74(53(7,8)9,38-19-13-10-14-20-38)39-21-15-11-16-22-39/h10-11,13-16,19-28,35,40,42,45-46,65H,12,17-18,29-33H2,1-9H3,(H,60,67)(H,62,68)(H,58,59,61,66)/t40-,42+,45+,46+,55-/m0/s1. The number of nitrogens with zero attached hydrogens (tertiary/aromatic N) is 4. The topological polar surface area (TPSA) is 225 Å². The number of esters is 1. The van der Waals surface area contributed by atoms with Crippen molar-refractivity contribution >= 4 is 54.1 Å². The van der Waals surface area contributed by atoms with Crippen molar-refractivity contribution < 1.29 is 52.0 Å². The average Bonchev–Trinajstić information content (AvgIpc) is 3.88. The number of amides is 3. The number of anilines is 1. The van der Waals surface area contributed by atoms with Gasteiger partial charge in [-0.25, -0.2) is 23.5 Å². The van der Waals surface area contributed by atoms with Crippen molar-refractivity contribution in [2.75, 3.05) is 11.9 Å². The molecule has 3 aromatic carbocycles. The van der Waals surface area contributed by atoms with Crippen molar-refractivity contribution in [3.05, 3.63) is 120 Å². The van der Waals surface area contributed by atoms with E-state index in [0.29, 0.717) is 18.4 Å². The molecule has 3 heterocycles. The van der Waals surface area contributed by atoms with E-state index in [-0.39, 0.29) is 36.5 Å². The van der Waals surface area contributed by atoms with Gasteiger partial charge in [0.15, 0.2) is 11.9 Å². The van der Waals surface area contributed by atoms with Gasteiger partial charge in [0, 0.05) is 6.42 Å². The van der Waals surface area contributed by atoms with Crippen molar-refractivity contribution in [1.29, 1.82) is 5.26 Å². The number of hydrogen-bond donors (Lipinski definition) is 4. The fraction of sp³-hybridized carbons (Fsp3) is 0.473. The van der Waals surface area contributed by atoms with Gasteiger partial charge >= 0.3 is 18.2 Å². The first kappa shape index (κ1) is 55.0. The molecule has 5 atom stereocenters. The van der Waals surface area contributed by atoms with Gasteiger partial charge < -0.3 is 44.4 Å². The minimum Gasteiger partial charge on any atom is -0.456 e. The van der Waals surface area contributed by atoms with Crippen LogP contribution >= 0.6 is 0 Å². The van der Waals surface area contributed by atoms with Crippen molar-refractivity contribution in [2.24, 2.45) is 0 Å². The normalized spacial score (nSPS) is 20.4. The fourth-order valence-electron chi connectivity index (χ4n) is 10.0. The predicted molar refractivity (Wildman–Crippen MR) is 276 cm³/mol. The van der Waals surface area contributed by atoms with Gasteiger partial charge in [0.25, 0.3) is 8.32 Å². The Labute approximate surface area is 432 Å². The van der Waals surface area contributed by atoms with Crippen molar-refractivity contribution in [3.8, 4) is 6.07 Å². The minimum atomic E-state index is -3.31. The Morgan fingerprint density at radius 1 is 0.851 bits per heavy atom. The fourth-order valence-corrected chi connectivity index (χ4v) is 14.6. The maximum Gasteiger partial charge on any atom is 0.408 e. The maximum atomic E-state index is 14.5. The average molecular weight is 1030 g/mol. The van der Waals surface area contributed by atoms with Crippen LogP contribution in [0.1, 0.15) is 112 Å². The molecule has 7 rings (SSSR count). The van der Waals surface area contributed by atoms with Gasteiger partial charge in [-0.15, -0.1) is 0 Å². The van der Waals surface area contributed by atoms with Crippen LogP contribution in [0.25, 0.3) is 5.52 Å². The lowest BCUT2D eigenvalue weighted by molar-refractivity contribution is -0.158. The highest BCUT2D eigenvalue weighted by Crippen LogP contribution is 2.44. The number of fused-ring (bicyclic) bond motifs is 1. The molecule has 1 aliphatic carbocycles. The molecule has 2 fully saturated rings. The largest absolute Gasteiger partial charge is 0.456 e. The van der Waals surface area contributed by atoms with E-state index < -0.39 is 89.9 Å². The van der Waals surface area contributed by atoms with Gasteiger partial charge in [0.2, 0.25) is 11.5 Å². The summed E-state index contributed by atoms with van der Waals surface area (Å²) in [6.07, 6.45) is -1.96. The van der Waals surface area contributed by atoms with Crippen LogP contribution in [0.4, 0.5) is 19.8 Å². The maximum absolute atomic E-state index is 14.5. The molecule has 74 heavy (non-hydrogen) atoms. The number of benzene rings is 3. The molecular weight excluding hydrogens is 966 g/mol. The minimum absolute atomic E-state index is 0.0134. The number of hydrogen-bond acceptors (Lipinski definition) is 13. The first-order chi connectivity index (χ1) is 34.9. The van der Waals surface area contributed by atoms with Crippen LogP contribution in [0.3, 0.4) is 0 Å². The van der Waals surface area contributed by atoms with Crippen LogP contribution in [-0.4, -0.2) is 99.8 Å². The number of carbonyl (C=O) groups is 4. The van der Waals surface area contributed by atoms with Crippen LogP contribution in [0.2, 0.25) is 5.04 Å². The number of carbonyl (C=O) groups excluding carboxylic acids is 4. The van der Waals surface area contributed by atoms with Crippen LogP contribution in [0, 0.1) is 17.1 Å². The van der Waals surface area contributed by atoms with E-state index in [0.717, 1.165) is 36.0 Å². The van der Waals surface area contributed by atoms with E-state index >= 15 is 0 Å². The van der Waals surface area contributed by atoms with E-state index in [9.17, 15) is 33.9 Å². The molecule has 3 amide bonds. The van der Waals surface area contributed by atoms with Gasteiger partial charge in [-0.05, 0) is 99.6 Å². The number of aliphatic hydroxyl groups excluding tert-OH is 1. The Morgan fingerprint density at radius 3 is 2.01 bits per heavy atom. The molecule has 4 N–H and O–H groups in total. The highest BCUT2D eigenvalue weighted by molar-refractivity contribution is 6.99. The molecular formula is C55H68FN7O10Si. The summed E-state index contributed by atoms with van der Waals surface area (Å²) in [7, 11) is -3.31. The number of aliphatic hydroxyl groups is 1. The molecule has 17 nitrogen and oxygen atoms in total. The molecule has 1 saturated carbocycles. The molecule has 1 aliphatic heterocycles. The summed E-state index contributed by atoms with van der Waals surface area (Å²) in [5, 5.41) is 38.2. The Morgan fingerprint density at radius 2 is 1.45 bits per heavy atom. The van der Waals surface area contributed by atoms with Gasteiger partial charge in [-0.1, -0.05) is 113 Å². The number of aromatic nitrogens is 3. The van der Waals surface area contributed by atoms with E-state index in [1.807, 2.05) is 60.7 Å². The second-order valence-electron chi connectivity index (χ2n) is 22.2.